The van der Waals surface area contributed by atoms with E-state index < -0.39 is 11.2 Å². The first kappa shape index (κ1) is 14.3. The number of fused-ring (bicyclic) bond motifs is 1. The van der Waals surface area contributed by atoms with E-state index in [2.05, 4.69) is 0 Å². The Hall–Kier alpha value is -0.120. The summed E-state index contributed by atoms with van der Waals surface area (Å²) in [5.74, 6) is 1.09. The van der Waals surface area contributed by atoms with Crippen LogP contribution in [0.4, 0.5) is 0 Å². The SMILES string of the molecule is CC(C)(O)[C@H]1C[C@H]2[C@@H](CO)CCC[C@@H]2[C@@](C)(O)C1. The number of hydrogen-bond acceptors (Lipinski definition) is 3. The summed E-state index contributed by atoms with van der Waals surface area (Å²) in [6.45, 7) is 5.81. The lowest BCUT2D eigenvalue weighted by Crippen LogP contribution is -2.53. The Balaban J connectivity index is 2.22. The summed E-state index contributed by atoms with van der Waals surface area (Å²) in [4.78, 5) is 0. The fraction of sp³-hybridized carbons (Fsp3) is 1.00. The lowest BCUT2D eigenvalue weighted by atomic mass is 9.55. The Bertz CT molecular complexity index is 293. The maximum Gasteiger partial charge on any atom is 0.0654 e. The highest BCUT2D eigenvalue weighted by atomic mass is 16.3. The van der Waals surface area contributed by atoms with Crippen LogP contribution in [0.15, 0.2) is 0 Å². The van der Waals surface area contributed by atoms with Crippen molar-refractivity contribution >= 4 is 0 Å². The topological polar surface area (TPSA) is 60.7 Å². The first-order valence-electron chi connectivity index (χ1n) is 7.31. The van der Waals surface area contributed by atoms with Crippen LogP contribution in [0.5, 0.6) is 0 Å². The summed E-state index contributed by atoms with van der Waals surface area (Å²) in [5, 5.41) is 30.5. The largest absolute Gasteiger partial charge is 0.396 e. The predicted octanol–water partition coefficient (Wildman–Crippen LogP) is 1.94. The van der Waals surface area contributed by atoms with Gasteiger partial charge in [0, 0.05) is 6.61 Å². The van der Waals surface area contributed by atoms with E-state index in [1.54, 1.807) is 0 Å². The second-order valence-corrected chi connectivity index (χ2v) is 7.29. The first-order valence-corrected chi connectivity index (χ1v) is 7.31. The lowest BCUT2D eigenvalue weighted by Gasteiger charge is -2.53. The van der Waals surface area contributed by atoms with Crippen LogP contribution in [0.1, 0.15) is 52.9 Å². The van der Waals surface area contributed by atoms with Crippen LogP contribution in [-0.2, 0) is 0 Å². The Kier molecular flexibility index (Phi) is 3.79. The average molecular weight is 256 g/mol. The van der Waals surface area contributed by atoms with Crippen molar-refractivity contribution in [1.82, 2.24) is 0 Å². The molecule has 106 valence electrons. The zero-order chi connectivity index (χ0) is 13.6. The highest BCUT2D eigenvalue weighted by Gasteiger charge is 2.50. The molecule has 0 amide bonds. The molecule has 0 unspecified atom stereocenters. The molecule has 0 aromatic heterocycles. The minimum Gasteiger partial charge on any atom is -0.396 e. The highest BCUT2D eigenvalue weighted by molar-refractivity contribution is 5.01. The minimum absolute atomic E-state index is 0.126. The molecule has 2 fully saturated rings. The summed E-state index contributed by atoms with van der Waals surface area (Å²) in [5.41, 5.74) is -1.44. The number of rotatable bonds is 2. The molecule has 2 saturated carbocycles. The van der Waals surface area contributed by atoms with Crippen LogP contribution in [-0.4, -0.2) is 33.1 Å². The van der Waals surface area contributed by atoms with Crippen molar-refractivity contribution < 1.29 is 15.3 Å². The summed E-state index contributed by atoms with van der Waals surface area (Å²) in [6, 6.07) is 0. The molecule has 2 aliphatic rings. The van der Waals surface area contributed by atoms with Crippen molar-refractivity contribution in [3.8, 4) is 0 Å². The molecular weight excluding hydrogens is 228 g/mol. The van der Waals surface area contributed by atoms with Gasteiger partial charge in [-0.3, -0.25) is 0 Å². The minimum atomic E-state index is -0.744. The normalized spacial score (nSPS) is 45.7. The van der Waals surface area contributed by atoms with Gasteiger partial charge >= 0.3 is 0 Å². The Morgan fingerprint density at radius 3 is 2.50 bits per heavy atom. The number of aliphatic hydroxyl groups excluding tert-OH is 1. The molecule has 3 heteroatoms. The number of hydrogen-bond donors (Lipinski definition) is 3. The Morgan fingerprint density at radius 2 is 1.94 bits per heavy atom. The van der Waals surface area contributed by atoms with Gasteiger partial charge in [0.25, 0.3) is 0 Å². The van der Waals surface area contributed by atoms with Crippen molar-refractivity contribution in [3.05, 3.63) is 0 Å². The average Bonchev–Trinajstić information content (AvgIpc) is 2.26. The van der Waals surface area contributed by atoms with E-state index in [0.717, 1.165) is 25.7 Å². The van der Waals surface area contributed by atoms with Gasteiger partial charge in [-0.2, -0.15) is 0 Å². The molecule has 2 rings (SSSR count). The second kappa shape index (κ2) is 4.77. The third kappa shape index (κ3) is 2.59. The third-order valence-corrected chi connectivity index (χ3v) is 5.46. The summed E-state index contributed by atoms with van der Waals surface area (Å²) in [7, 11) is 0. The molecular formula is C15H28O3. The standard InChI is InChI=1S/C15H28O3/c1-14(2,17)11-7-12-10(9-16)5-4-6-13(12)15(3,18)8-11/h10-13,16-18H,4-9H2,1-3H3/t10-,11+,12+,13+,15+/m1/s1. The van der Waals surface area contributed by atoms with Gasteiger partial charge in [-0.05, 0) is 70.1 Å². The van der Waals surface area contributed by atoms with E-state index in [-0.39, 0.29) is 12.5 Å². The van der Waals surface area contributed by atoms with Gasteiger partial charge in [0.05, 0.1) is 11.2 Å². The van der Waals surface area contributed by atoms with E-state index in [9.17, 15) is 15.3 Å². The molecule has 0 heterocycles. The molecule has 0 aromatic rings. The maximum absolute atomic E-state index is 10.7. The Labute approximate surface area is 110 Å². The lowest BCUT2D eigenvalue weighted by molar-refractivity contribution is -0.146. The molecule has 3 N–H and O–H groups in total. The van der Waals surface area contributed by atoms with E-state index >= 15 is 0 Å². The fourth-order valence-corrected chi connectivity index (χ4v) is 4.31. The van der Waals surface area contributed by atoms with Crippen LogP contribution < -0.4 is 0 Å². The maximum atomic E-state index is 10.7. The molecule has 0 saturated heterocycles. The van der Waals surface area contributed by atoms with Gasteiger partial charge in [-0.1, -0.05) is 6.42 Å². The molecule has 0 aliphatic heterocycles. The van der Waals surface area contributed by atoms with Crippen LogP contribution in [0.3, 0.4) is 0 Å². The van der Waals surface area contributed by atoms with Gasteiger partial charge in [-0.15, -0.1) is 0 Å². The van der Waals surface area contributed by atoms with E-state index in [1.165, 1.54) is 0 Å². The zero-order valence-electron chi connectivity index (χ0n) is 11.9. The van der Waals surface area contributed by atoms with Crippen molar-refractivity contribution in [2.24, 2.45) is 23.7 Å². The second-order valence-electron chi connectivity index (χ2n) is 7.29. The van der Waals surface area contributed by atoms with Gasteiger partial charge in [-0.25, -0.2) is 0 Å². The molecule has 18 heavy (non-hydrogen) atoms. The van der Waals surface area contributed by atoms with Crippen molar-refractivity contribution in [3.63, 3.8) is 0 Å². The van der Waals surface area contributed by atoms with Crippen LogP contribution >= 0.6 is 0 Å². The van der Waals surface area contributed by atoms with E-state index in [4.69, 9.17) is 0 Å². The summed E-state index contributed by atoms with van der Waals surface area (Å²) < 4.78 is 0. The van der Waals surface area contributed by atoms with Crippen LogP contribution in [0.2, 0.25) is 0 Å². The smallest absolute Gasteiger partial charge is 0.0654 e. The van der Waals surface area contributed by atoms with E-state index in [1.807, 2.05) is 20.8 Å². The molecule has 0 aromatic carbocycles. The van der Waals surface area contributed by atoms with Crippen molar-refractivity contribution in [2.45, 2.75) is 64.1 Å². The van der Waals surface area contributed by atoms with Crippen LogP contribution in [0, 0.1) is 23.7 Å². The first-order chi connectivity index (χ1) is 8.25. The molecule has 3 nitrogen and oxygen atoms in total. The molecule has 5 atom stereocenters. The highest BCUT2D eigenvalue weighted by Crippen LogP contribution is 2.52. The molecule has 0 bridgehead atoms. The monoisotopic (exact) mass is 256 g/mol. The van der Waals surface area contributed by atoms with Crippen LogP contribution in [0.25, 0.3) is 0 Å². The summed E-state index contributed by atoms with van der Waals surface area (Å²) in [6.07, 6.45) is 4.85. The summed E-state index contributed by atoms with van der Waals surface area (Å²) >= 11 is 0. The molecule has 0 spiro atoms. The van der Waals surface area contributed by atoms with Crippen molar-refractivity contribution in [1.29, 1.82) is 0 Å². The quantitative estimate of drug-likeness (QED) is 0.707. The van der Waals surface area contributed by atoms with Crippen molar-refractivity contribution in [2.75, 3.05) is 6.61 Å². The van der Waals surface area contributed by atoms with Gasteiger partial charge in [0.2, 0.25) is 0 Å². The third-order valence-electron chi connectivity index (χ3n) is 5.46. The Morgan fingerprint density at radius 1 is 1.28 bits per heavy atom. The molecule has 0 radical (unpaired) electrons. The molecule has 2 aliphatic carbocycles. The number of aliphatic hydroxyl groups is 3. The zero-order valence-corrected chi connectivity index (χ0v) is 11.9. The van der Waals surface area contributed by atoms with Gasteiger partial charge < -0.3 is 15.3 Å². The fourth-order valence-electron chi connectivity index (χ4n) is 4.31. The predicted molar refractivity (Wildman–Crippen MR) is 71.1 cm³/mol. The van der Waals surface area contributed by atoms with Gasteiger partial charge in [0.1, 0.15) is 0 Å². The van der Waals surface area contributed by atoms with Gasteiger partial charge in [0.15, 0.2) is 0 Å². The van der Waals surface area contributed by atoms with E-state index in [0.29, 0.717) is 24.2 Å².